The summed E-state index contributed by atoms with van der Waals surface area (Å²) < 4.78 is 10.1. The van der Waals surface area contributed by atoms with Crippen molar-refractivity contribution in [3.8, 4) is 0 Å². The van der Waals surface area contributed by atoms with Gasteiger partial charge >= 0.3 is 5.97 Å². The summed E-state index contributed by atoms with van der Waals surface area (Å²) in [5.74, 6) is -0.658. The van der Waals surface area contributed by atoms with Gasteiger partial charge in [-0.1, -0.05) is 32.4 Å². The van der Waals surface area contributed by atoms with Crippen LogP contribution in [0.25, 0.3) is 0 Å². The van der Waals surface area contributed by atoms with Crippen LogP contribution in [0.2, 0.25) is 0 Å². The van der Waals surface area contributed by atoms with Crippen molar-refractivity contribution in [2.24, 2.45) is 40.4 Å². The van der Waals surface area contributed by atoms with E-state index < -0.39 is 29.2 Å². The number of ketones is 2. The number of allylic oxidation sites excluding steroid dienone is 4. The molecule has 0 spiro atoms. The summed E-state index contributed by atoms with van der Waals surface area (Å²) in [6.07, 6.45) is 7.75. The minimum absolute atomic E-state index is 0.000978. The molecule has 0 saturated heterocycles. The number of esters is 1. The van der Waals surface area contributed by atoms with E-state index in [0.29, 0.717) is 6.42 Å². The number of carbonyl (C=O) groups is 3. The van der Waals surface area contributed by atoms with E-state index >= 15 is 0 Å². The highest BCUT2D eigenvalue weighted by Gasteiger charge is 2.64. The second kappa shape index (κ2) is 10.0. The van der Waals surface area contributed by atoms with Gasteiger partial charge in [-0.3, -0.25) is 9.59 Å². The number of carbonyl (C=O) groups excluding carboxylic acids is 3. The summed E-state index contributed by atoms with van der Waals surface area (Å²) in [7, 11) is 0. The average molecular weight is 506 g/mol. The zero-order chi connectivity index (χ0) is 26.3. The predicted octanol–water partition coefficient (Wildman–Crippen LogP) is 2.46. The first-order chi connectivity index (χ1) is 17.0. The van der Waals surface area contributed by atoms with Crippen LogP contribution in [-0.2, 0) is 28.7 Å². The molecule has 0 aromatic rings. The van der Waals surface area contributed by atoms with E-state index in [0.717, 1.165) is 24.8 Å². The largest absolute Gasteiger partial charge is 0.456 e. The Morgan fingerprint density at radius 1 is 1.25 bits per heavy atom. The second-order valence-corrected chi connectivity index (χ2v) is 11.2. The van der Waals surface area contributed by atoms with Crippen LogP contribution in [0.1, 0.15) is 46.5 Å². The second-order valence-electron chi connectivity index (χ2n) is 11.2. The van der Waals surface area contributed by atoms with Crippen LogP contribution in [0.3, 0.4) is 0 Å². The van der Waals surface area contributed by atoms with Gasteiger partial charge in [0.2, 0.25) is 0 Å². The van der Waals surface area contributed by atoms with Crippen molar-refractivity contribution in [3.63, 3.8) is 0 Å². The topological polar surface area (TPSA) is 142 Å². The quantitative estimate of drug-likeness (QED) is 0.216. The number of aliphatic hydroxyl groups is 1. The fourth-order valence-corrected chi connectivity index (χ4v) is 7.99. The summed E-state index contributed by atoms with van der Waals surface area (Å²) in [4.78, 5) is 51.5. The fourth-order valence-electron chi connectivity index (χ4n) is 7.99. The molecule has 4 aliphatic rings. The van der Waals surface area contributed by atoms with Crippen molar-refractivity contribution in [3.05, 3.63) is 33.9 Å². The Kier molecular flexibility index (Phi) is 7.39. The van der Waals surface area contributed by atoms with Crippen molar-refractivity contribution >= 4 is 17.5 Å². The van der Waals surface area contributed by atoms with E-state index in [2.05, 4.69) is 25.6 Å². The Morgan fingerprint density at radius 2 is 2.00 bits per heavy atom. The van der Waals surface area contributed by atoms with Gasteiger partial charge < -0.3 is 19.4 Å². The van der Waals surface area contributed by atoms with Crippen molar-refractivity contribution in [2.75, 3.05) is 26.4 Å². The lowest BCUT2D eigenvalue weighted by Crippen LogP contribution is -2.56. The molecule has 0 heterocycles. The number of rotatable bonds is 9. The first-order valence-electron chi connectivity index (χ1n) is 12.6. The van der Waals surface area contributed by atoms with Gasteiger partial charge in [-0.25, -0.2) is 4.79 Å². The minimum Gasteiger partial charge on any atom is -0.456 e. The molecule has 3 fully saturated rings. The fraction of sp³-hybridized carbons (Fsp3) is 0.731. The molecule has 0 aromatic heterocycles. The molecular formula is C26H35NO9. The standard InChI is InChI=1S/C26H35NO9/c1-15-10-19-18-5-4-16-11-17(28)6-7-25(16,2)24(18)20(29)12-26(19,3)23(15)21(30)13-35-22(31)14-34-8-9-36-27(32)33/h6-7,11,15,18-20,23-24,29H,4-5,8-10,12-14H2,1-3H3. The number of aliphatic hydroxyl groups excluding tert-OH is 1. The number of hydrogen-bond donors (Lipinski definition) is 1. The number of nitrogens with zero attached hydrogens (tertiary/aromatic N) is 1. The monoisotopic (exact) mass is 505 g/mol. The van der Waals surface area contributed by atoms with Crippen LogP contribution in [0.5, 0.6) is 0 Å². The van der Waals surface area contributed by atoms with Crippen molar-refractivity contribution in [1.29, 1.82) is 0 Å². The molecule has 0 amide bonds. The van der Waals surface area contributed by atoms with Crippen LogP contribution in [0.15, 0.2) is 23.8 Å². The molecule has 10 nitrogen and oxygen atoms in total. The SMILES string of the molecule is CC1CC2C3CCC4=CC(=O)C=CC4(C)C3C(O)CC2(C)C1C(=O)COC(=O)COCCO[N+](=O)[O-]. The Morgan fingerprint density at radius 3 is 2.72 bits per heavy atom. The molecule has 3 saturated carbocycles. The highest BCUT2D eigenvalue weighted by molar-refractivity contribution is 6.01. The molecule has 0 radical (unpaired) electrons. The molecule has 198 valence electrons. The van der Waals surface area contributed by atoms with Gasteiger partial charge in [0.05, 0.1) is 12.7 Å². The molecule has 0 bridgehead atoms. The normalized spacial score (nSPS) is 38.9. The molecule has 1 N–H and O–H groups in total. The van der Waals surface area contributed by atoms with Gasteiger partial charge in [-0.15, -0.1) is 10.1 Å². The molecule has 4 aliphatic carbocycles. The molecule has 0 aliphatic heterocycles. The van der Waals surface area contributed by atoms with Gasteiger partial charge in [0, 0.05) is 17.3 Å². The number of Topliss-reactive ketones (excluding diaryl/α,β-unsaturated/α-hetero) is 1. The average Bonchev–Trinajstić information content (AvgIpc) is 3.06. The Bertz CT molecular complexity index is 990. The lowest BCUT2D eigenvalue weighted by molar-refractivity contribution is -0.758. The third kappa shape index (κ3) is 4.72. The summed E-state index contributed by atoms with van der Waals surface area (Å²) in [6.45, 7) is 5.02. The first kappa shape index (κ1) is 26.5. The minimum atomic E-state index is -0.947. The van der Waals surface area contributed by atoms with E-state index in [1.54, 1.807) is 12.2 Å². The Labute approximate surface area is 210 Å². The van der Waals surface area contributed by atoms with Gasteiger partial charge in [-0.2, -0.15) is 0 Å². The third-order valence-corrected chi connectivity index (χ3v) is 9.20. The molecule has 10 heteroatoms. The Balaban J connectivity index is 1.40. The maximum atomic E-state index is 13.3. The van der Waals surface area contributed by atoms with E-state index in [1.807, 2.05) is 6.08 Å². The van der Waals surface area contributed by atoms with Crippen molar-refractivity contribution in [2.45, 2.75) is 52.6 Å². The number of fused-ring (bicyclic) bond motifs is 5. The number of ether oxygens (including phenoxy) is 2. The third-order valence-electron chi connectivity index (χ3n) is 9.20. The predicted molar refractivity (Wildman–Crippen MR) is 126 cm³/mol. The van der Waals surface area contributed by atoms with Crippen LogP contribution < -0.4 is 0 Å². The zero-order valence-electron chi connectivity index (χ0n) is 21.0. The Hall–Kier alpha value is -2.59. The smallest absolute Gasteiger partial charge is 0.332 e. The van der Waals surface area contributed by atoms with Crippen molar-refractivity contribution in [1.82, 2.24) is 0 Å². The summed E-state index contributed by atoms with van der Waals surface area (Å²) in [5, 5.41) is 20.6. The lowest BCUT2D eigenvalue weighted by atomic mass is 9.46. The molecule has 8 atom stereocenters. The van der Waals surface area contributed by atoms with Gasteiger partial charge in [0.15, 0.2) is 11.6 Å². The maximum Gasteiger partial charge on any atom is 0.332 e. The highest BCUT2D eigenvalue weighted by atomic mass is 17.0. The molecular weight excluding hydrogens is 470 g/mol. The van der Waals surface area contributed by atoms with Gasteiger partial charge in [0.25, 0.3) is 5.09 Å². The van der Waals surface area contributed by atoms with E-state index in [1.165, 1.54) is 0 Å². The maximum absolute atomic E-state index is 13.3. The first-order valence-corrected chi connectivity index (χ1v) is 12.6. The van der Waals surface area contributed by atoms with E-state index in [-0.39, 0.29) is 66.4 Å². The van der Waals surface area contributed by atoms with Crippen LogP contribution in [0.4, 0.5) is 0 Å². The van der Waals surface area contributed by atoms with Crippen molar-refractivity contribution < 1.29 is 38.9 Å². The highest BCUT2D eigenvalue weighted by Crippen LogP contribution is 2.67. The lowest BCUT2D eigenvalue weighted by Gasteiger charge is -2.58. The van der Waals surface area contributed by atoms with E-state index in [9.17, 15) is 29.6 Å². The summed E-state index contributed by atoms with van der Waals surface area (Å²) in [6, 6.07) is 0. The molecule has 8 unspecified atom stereocenters. The molecule has 4 rings (SSSR count). The van der Waals surface area contributed by atoms with Crippen LogP contribution >= 0.6 is 0 Å². The zero-order valence-corrected chi connectivity index (χ0v) is 21.0. The van der Waals surface area contributed by atoms with Crippen LogP contribution in [-0.4, -0.2) is 60.3 Å². The van der Waals surface area contributed by atoms with Gasteiger partial charge in [0.1, 0.15) is 19.8 Å². The van der Waals surface area contributed by atoms with Gasteiger partial charge in [-0.05, 0) is 61.0 Å². The van der Waals surface area contributed by atoms with Crippen LogP contribution in [0, 0.1) is 50.5 Å². The number of hydrogen-bond acceptors (Lipinski definition) is 9. The summed E-state index contributed by atoms with van der Waals surface area (Å²) in [5.41, 5.74) is 0.325. The molecule has 36 heavy (non-hydrogen) atoms. The summed E-state index contributed by atoms with van der Waals surface area (Å²) >= 11 is 0. The van der Waals surface area contributed by atoms with E-state index in [4.69, 9.17) is 9.47 Å². The molecule has 0 aromatic carbocycles.